The standard InChI is InChI=1S/C21H34N6O.HI/c1-5-7-11-22-21(24-13-14-27-16-25-26-20(27)6-2)23-12-10-18-15-17(3)8-9-19(18)28-4;/h8-9,15-16H,5-7,10-14H2,1-4H3,(H2,22,23,24);1H. The van der Waals surface area contributed by atoms with E-state index in [4.69, 9.17) is 4.74 Å². The van der Waals surface area contributed by atoms with Crippen molar-refractivity contribution in [3.63, 3.8) is 0 Å². The maximum absolute atomic E-state index is 5.48. The van der Waals surface area contributed by atoms with Crippen LogP contribution in [0.5, 0.6) is 5.75 Å². The summed E-state index contributed by atoms with van der Waals surface area (Å²) in [6.07, 6.45) is 5.77. The fourth-order valence-corrected chi connectivity index (χ4v) is 2.98. The Bertz CT molecular complexity index is 747. The molecule has 0 atom stereocenters. The summed E-state index contributed by atoms with van der Waals surface area (Å²) in [7, 11) is 1.72. The number of hydrogen-bond acceptors (Lipinski definition) is 4. The van der Waals surface area contributed by atoms with Crippen LogP contribution < -0.4 is 15.4 Å². The molecule has 0 saturated carbocycles. The van der Waals surface area contributed by atoms with Gasteiger partial charge in [0.2, 0.25) is 0 Å². The Morgan fingerprint density at radius 1 is 1.21 bits per heavy atom. The van der Waals surface area contributed by atoms with E-state index in [-0.39, 0.29) is 24.0 Å². The number of guanidine groups is 1. The zero-order valence-corrected chi connectivity index (χ0v) is 20.4. The predicted octanol–water partition coefficient (Wildman–Crippen LogP) is 3.35. The van der Waals surface area contributed by atoms with Crippen LogP contribution in [0.15, 0.2) is 29.5 Å². The Morgan fingerprint density at radius 2 is 2.00 bits per heavy atom. The molecule has 1 aromatic heterocycles. The van der Waals surface area contributed by atoms with Crippen LogP contribution in [0.4, 0.5) is 0 Å². The Kier molecular flexibility index (Phi) is 12.3. The number of halogens is 1. The van der Waals surface area contributed by atoms with Gasteiger partial charge in [0.15, 0.2) is 5.96 Å². The highest BCUT2D eigenvalue weighted by Gasteiger charge is 2.05. The molecule has 0 bridgehead atoms. The molecule has 0 aliphatic rings. The van der Waals surface area contributed by atoms with E-state index in [9.17, 15) is 0 Å². The first-order valence-electron chi connectivity index (χ1n) is 10.2. The van der Waals surface area contributed by atoms with Crippen LogP contribution in [-0.4, -0.2) is 47.5 Å². The predicted molar refractivity (Wildman–Crippen MR) is 129 cm³/mol. The van der Waals surface area contributed by atoms with Gasteiger partial charge in [-0.05, 0) is 31.4 Å². The van der Waals surface area contributed by atoms with Crippen molar-refractivity contribution < 1.29 is 4.74 Å². The highest BCUT2D eigenvalue weighted by molar-refractivity contribution is 14.0. The molecule has 2 aromatic rings. The van der Waals surface area contributed by atoms with Gasteiger partial charge in [-0.1, -0.05) is 38.0 Å². The first kappa shape index (κ1) is 25.2. The lowest BCUT2D eigenvalue weighted by molar-refractivity contribution is 0.409. The second kappa shape index (κ2) is 14.2. The largest absolute Gasteiger partial charge is 0.496 e. The molecule has 2 N–H and O–H groups in total. The number of ether oxygens (including phenoxy) is 1. The number of aryl methyl sites for hydroxylation is 2. The molecule has 8 heteroatoms. The number of aromatic nitrogens is 3. The molecule has 29 heavy (non-hydrogen) atoms. The fourth-order valence-electron chi connectivity index (χ4n) is 2.98. The van der Waals surface area contributed by atoms with Crippen LogP contribution in [0.2, 0.25) is 0 Å². The van der Waals surface area contributed by atoms with Crippen LogP contribution in [0.25, 0.3) is 0 Å². The van der Waals surface area contributed by atoms with Crippen LogP contribution >= 0.6 is 24.0 Å². The number of hydrogen-bond donors (Lipinski definition) is 2. The normalized spacial score (nSPS) is 11.1. The Morgan fingerprint density at radius 3 is 2.72 bits per heavy atom. The van der Waals surface area contributed by atoms with E-state index in [1.54, 1.807) is 13.4 Å². The van der Waals surface area contributed by atoms with Crippen molar-refractivity contribution >= 4 is 29.9 Å². The number of nitrogens with one attached hydrogen (secondary N) is 2. The molecule has 0 saturated heterocycles. The summed E-state index contributed by atoms with van der Waals surface area (Å²) in [5.74, 6) is 2.79. The smallest absolute Gasteiger partial charge is 0.191 e. The molecule has 162 valence electrons. The summed E-state index contributed by atoms with van der Waals surface area (Å²) in [6, 6.07) is 6.29. The lowest BCUT2D eigenvalue weighted by atomic mass is 10.1. The molecule has 7 nitrogen and oxygen atoms in total. The van der Waals surface area contributed by atoms with Crippen molar-refractivity contribution in [2.45, 2.75) is 53.0 Å². The first-order valence-corrected chi connectivity index (χ1v) is 10.2. The van der Waals surface area contributed by atoms with E-state index < -0.39 is 0 Å². The number of benzene rings is 1. The van der Waals surface area contributed by atoms with Crippen molar-refractivity contribution in [1.82, 2.24) is 25.4 Å². The van der Waals surface area contributed by atoms with Crippen molar-refractivity contribution in [1.29, 1.82) is 0 Å². The van der Waals surface area contributed by atoms with Gasteiger partial charge in [-0.15, -0.1) is 34.2 Å². The number of unbranched alkanes of at least 4 members (excludes halogenated alkanes) is 1. The second-order valence-electron chi connectivity index (χ2n) is 6.80. The molecular weight excluding hydrogens is 479 g/mol. The number of aliphatic imine (C=N–C) groups is 1. The van der Waals surface area contributed by atoms with E-state index >= 15 is 0 Å². The third kappa shape index (κ3) is 8.59. The van der Waals surface area contributed by atoms with E-state index in [1.165, 1.54) is 11.1 Å². The van der Waals surface area contributed by atoms with Crippen LogP contribution in [0.3, 0.4) is 0 Å². The first-order chi connectivity index (χ1) is 13.7. The SMILES string of the molecule is CCCCN=C(NCCc1cc(C)ccc1OC)NCCn1cnnc1CC.I. The number of methoxy groups -OCH3 is 1. The molecule has 0 amide bonds. The van der Waals surface area contributed by atoms with E-state index in [0.29, 0.717) is 0 Å². The average molecular weight is 514 g/mol. The van der Waals surface area contributed by atoms with Gasteiger partial charge in [-0.2, -0.15) is 0 Å². The van der Waals surface area contributed by atoms with Gasteiger partial charge in [0, 0.05) is 32.6 Å². The highest BCUT2D eigenvalue weighted by Crippen LogP contribution is 2.19. The zero-order chi connectivity index (χ0) is 20.2. The molecule has 1 heterocycles. The van der Waals surface area contributed by atoms with Gasteiger partial charge in [-0.3, -0.25) is 4.99 Å². The Labute approximate surface area is 191 Å². The minimum atomic E-state index is 0. The van der Waals surface area contributed by atoms with E-state index in [0.717, 1.165) is 69.4 Å². The van der Waals surface area contributed by atoms with Gasteiger partial charge in [-0.25, -0.2) is 0 Å². The van der Waals surface area contributed by atoms with Gasteiger partial charge in [0.1, 0.15) is 17.9 Å². The van der Waals surface area contributed by atoms with Crippen molar-refractivity contribution in [3.05, 3.63) is 41.5 Å². The second-order valence-corrected chi connectivity index (χ2v) is 6.80. The van der Waals surface area contributed by atoms with Gasteiger partial charge >= 0.3 is 0 Å². The maximum atomic E-state index is 5.48. The maximum Gasteiger partial charge on any atom is 0.191 e. The van der Waals surface area contributed by atoms with E-state index in [1.807, 2.05) is 6.07 Å². The monoisotopic (exact) mass is 514 g/mol. The summed E-state index contributed by atoms with van der Waals surface area (Å²) in [5.41, 5.74) is 2.45. The van der Waals surface area contributed by atoms with Crippen LogP contribution in [0.1, 0.15) is 43.6 Å². The van der Waals surface area contributed by atoms with Gasteiger partial charge in [0.25, 0.3) is 0 Å². The molecule has 0 spiro atoms. The van der Waals surface area contributed by atoms with Crippen molar-refractivity contribution in [2.75, 3.05) is 26.7 Å². The molecule has 0 fully saturated rings. The quantitative estimate of drug-likeness (QED) is 0.208. The van der Waals surface area contributed by atoms with Gasteiger partial charge in [0.05, 0.1) is 7.11 Å². The topological polar surface area (TPSA) is 76.4 Å². The molecule has 2 rings (SSSR count). The summed E-state index contributed by atoms with van der Waals surface area (Å²) >= 11 is 0. The molecule has 0 aliphatic heterocycles. The highest BCUT2D eigenvalue weighted by atomic mass is 127. The number of nitrogens with zero attached hydrogens (tertiary/aromatic N) is 4. The van der Waals surface area contributed by atoms with Crippen LogP contribution in [-0.2, 0) is 19.4 Å². The molecule has 0 aliphatic carbocycles. The lowest BCUT2D eigenvalue weighted by Crippen LogP contribution is -2.40. The molecule has 1 aromatic carbocycles. The molecule has 0 radical (unpaired) electrons. The number of rotatable bonds is 11. The summed E-state index contributed by atoms with van der Waals surface area (Å²) in [5, 5.41) is 15.0. The lowest BCUT2D eigenvalue weighted by Gasteiger charge is -2.14. The zero-order valence-electron chi connectivity index (χ0n) is 18.1. The molecular formula is C21H35IN6O. The summed E-state index contributed by atoms with van der Waals surface area (Å²) in [6.45, 7) is 9.58. The van der Waals surface area contributed by atoms with Crippen LogP contribution in [0, 0.1) is 6.92 Å². The summed E-state index contributed by atoms with van der Waals surface area (Å²) in [4.78, 5) is 4.69. The van der Waals surface area contributed by atoms with E-state index in [2.05, 4.69) is 63.3 Å². The molecule has 0 unspecified atom stereocenters. The van der Waals surface area contributed by atoms with Crippen molar-refractivity contribution in [3.8, 4) is 5.75 Å². The minimum absolute atomic E-state index is 0. The minimum Gasteiger partial charge on any atom is -0.496 e. The third-order valence-corrected chi connectivity index (χ3v) is 4.56. The third-order valence-electron chi connectivity index (χ3n) is 4.56. The van der Waals surface area contributed by atoms with Gasteiger partial charge < -0.3 is 19.9 Å². The fraction of sp³-hybridized carbons (Fsp3) is 0.571. The van der Waals surface area contributed by atoms with Crippen molar-refractivity contribution in [2.24, 2.45) is 4.99 Å². The average Bonchev–Trinajstić information content (AvgIpc) is 3.15. The Hall–Kier alpha value is -1.84. The summed E-state index contributed by atoms with van der Waals surface area (Å²) < 4.78 is 7.55. The Balaban J connectivity index is 0.00000420.